The molecule has 2 N–H and O–H groups in total. The molecule has 0 saturated carbocycles. The first-order valence-corrected chi connectivity index (χ1v) is 8.11. The Morgan fingerprint density at radius 2 is 2.20 bits per heavy atom. The van der Waals surface area contributed by atoms with Crippen LogP contribution in [0.15, 0.2) is 42.6 Å². The molecule has 4 heteroatoms. The topological polar surface area (TPSA) is 54.1 Å². The summed E-state index contributed by atoms with van der Waals surface area (Å²) in [5, 5.41) is 2.90. The van der Waals surface area contributed by atoms with Crippen molar-refractivity contribution in [3.63, 3.8) is 0 Å². The van der Waals surface area contributed by atoms with Crippen molar-refractivity contribution in [3.05, 3.63) is 59.4 Å². The number of aromatic nitrogens is 1. The highest BCUT2D eigenvalue weighted by atomic mass is 16.5. The second-order valence-electron chi connectivity index (χ2n) is 5.96. The zero-order chi connectivity index (χ0) is 17.8. The monoisotopic (exact) mass is 332 g/mol. The summed E-state index contributed by atoms with van der Waals surface area (Å²) in [6.07, 6.45) is 5.22. The molecule has 126 valence electrons. The molecule has 25 heavy (non-hydrogen) atoms. The Hall–Kier alpha value is -3.19. The summed E-state index contributed by atoms with van der Waals surface area (Å²) >= 11 is 0. The van der Waals surface area contributed by atoms with E-state index < -0.39 is 0 Å². The number of aromatic amines is 1. The smallest absolute Gasteiger partial charge is 0.256 e. The molecule has 0 radical (unpaired) electrons. The van der Waals surface area contributed by atoms with E-state index in [-0.39, 0.29) is 5.91 Å². The summed E-state index contributed by atoms with van der Waals surface area (Å²) in [6, 6.07) is 7.55. The lowest BCUT2D eigenvalue weighted by Gasteiger charge is -2.03. The third-order valence-electron chi connectivity index (χ3n) is 3.97. The Balaban J connectivity index is 2.00. The number of ether oxygens (including phenoxy) is 1. The maximum atomic E-state index is 12.4. The summed E-state index contributed by atoms with van der Waals surface area (Å²) < 4.78 is 5.31. The average Bonchev–Trinajstić information content (AvgIpc) is 3.16. The van der Waals surface area contributed by atoms with Gasteiger partial charge in [-0.05, 0) is 37.6 Å². The summed E-state index contributed by atoms with van der Waals surface area (Å²) in [5.74, 6) is 6.92. The minimum atomic E-state index is -0.136. The minimum absolute atomic E-state index is 0.136. The van der Waals surface area contributed by atoms with Crippen LogP contribution in [0.2, 0.25) is 0 Å². The molecule has 0 atom stereocenters. The second kappa shape index (κ2) is 7.14. The Morgan fingerprint density at radius 3 is 2.96 bits per heavy atom. The van der Waals surface area contributed by atoms with E-state index >= 15 is 0 Å². The highest BCUT2D eigenvalue weighted by Gasteiger charge is 2.26. The Morgan fingerprint density at radius 1 is 1.36 bits per heavy atom. The van der Waals surface area contributed by atoms with Crippen LogP contribution < -0.4 is 10.1 Å². The first-order valence-electron chi connectivity index (χ1n) is 8.11. The van der Waals surface area contributed by atoms with Crippen LogP contribution >= 0.6 is 0 Å². The third kappa shape index (κ3) is 3.51. The van der Waals surface area contributed by atoms with Crippen LogP contribution in [-0.4, -0.2) is 18.0 Å². The van der Waals surface area contributed by atoms with Crippen LogP contribution in [0.3, 0.4) is 0 Å². The van der Waals surface area contributed by atoms with Crippen molar-refractivity contribution >= 4 is 23.2 Å². The fraction of sp³-hybridized carbons (Fsp3) is 0.190. The molecule has 0 bridgehead atoms. The van der Waals surface area contributed by atoms with E-state index in [1.165, 1.54) is 0 Å². The predicted molar refractivity (Wildman–Crippen MR) is 101 cm³/mol. The number of amides is 1. The zero-order valence-corrected chi connectivity index (χ0v) is 14.4. The molecule has 3 rings (SSSR count). The molecular formula is C21H20N2O2. The lowest BCUT2D eigenvalue weighted by atomic mass is 9.99. The van der Waals surface area contributed by atoms with E-state index in [0.717, 1.165) is 40.9 Å². The highest BCUT2D eigenvalue weighted by molar-refractivity contribution is 6.35. The normalized spacial score (nSPS) is 13.8. The first kappa shape index (κ1) is 16.7. The Kier molecular flexibility index (Phi) is 4.76. The van der Waals surface area contributed by atoms with Gasteiger partial charge in [0.05, 0.1) is 24.1 Å². The maximum Gasteiger partial charge on any atom is 0.256 e. The van der Waals surface area contributed by atoms with Crippen LogP contribution in [0.4, 0.5) is 5.69 Å². The molecule has 0 unspecified atom stereocenters. The van der Waals surface area contributed by atoms with Gasteiger partial charge in [-0.25, -0.2) is 0 Å². The Labute approximate surface area is 147 Å². The number of anilines is 1. The van der Waals surface area contributed by atoms with Crippen LogP contribution in [0, 0.1) is 11.8 Å². The average molecular weight is 332 g/mol. The molecule has 1 aromatic heterocycles. The van der Waals surface area contributed by atoms with E-state index in [0.29, 0.717) is 11.3 Å². The molecule has 1 amide bonds. The molecular weight excluding hydrogens is 312 g/mol. The number of carbonyl (C=O) groups is 1. The SMILES string of the molecule is C=C(C)CCC#Cc1cccc2c1/C(=C/c1[nH]ccc1OC)C(=O)N2. The van der Waals surface area contributed by atoms with Gasteiger partial charge in [0.25, 0.3) is 5.91 Å². The highest BCUT2D eigenvalue weighted by Crippen LogP contribution is 2.36. The molecule has 1 aliphatic heterocycles. The molecule has 4 nitrogen and oxygen atoms in total. The van der Waals surface area contributed by atoms with Crippen molar-refractivity contribution in [2.24, 2.45) is 0 Å². The van der Waals surface area contributed by atoms with Crippen molar-refractivity contribution in [2.45, 2.75) is 19.8 Å². The van der Waals surface area contributed by atoms with Crippen LogP contribution in [0.5, 0.6) is 5.75 Å². The largest absolute Gasteiger partial charge is 0.495 e. The number of hydrogen-bond donors (Lipinski definition) is 2. The van der Waals surface area contributed by atoms with Gasteiger partial charge in [-0.2, -0.15) is 0 Å². The zero-order valence-electron chi connectivity index (χ0n) is 14.4. The molecule has 0 saturated heterocycles. The number of benzene rings is 1. The minimum Gasteiger partial charge on any atom is -0.495 e. The number of nitrogens with one attached hydrogen (secondary N) is 2. The molecule has 2 aromatic rings. The van der Waals surface area contributed by atoms with E-state index in [4.69, 9.17) is 4.74 Å². The summed E-state index contributed by atoms with van der Waals surface area (Å²) in [7, 11) is 1.60. The third-order valence-corrected chi connectivity index (χ3v) is 3.97. The number of carbonyl (C=O) groups excluding carboxylic acids is 1. The van der Waals surface area contributed by atoms with Crippen molar-refractivity contribution in [3.8, 4) is 17.6 Å². The number of H-pyrrole nitrogens is 1. The van der Waals surface area contributed by atoms with Gasteiger partial charge >= 0.3 is 0 Å². The van der Waals surface area contributed by atoms with Gasteiger partial charge in [-0.3, -0.25) is 4.79 Å². The van der Waals surface area contributed by atoms with Crippen LogP contribution in [0.1, 0.15) is 36.6 Å². The van der Waals surface area contributed by atoms with Gasteiger partial charge in [0.2, 0.25) is 0 Å². The van der Waals surface area contributed by atoms with Gasteiger partial charge < -0.3 is 15.0 Å². The van der Waals surface area contributed by atoms with E-state index in [9.17, 15) is 4.79 Å². The fourth-order valence-corrected chi connectivity index (χ4v) is 2.73. The van der Waals surface area contributed by atoms with E-state index in [1.54, 1.807) is 19.4 Å². The molecule has 2 heterocycles. The number of allylic oxidation sites excluding steroid dienone is 1. The number of rotatable bonds is 4. The number of methoxy groups -OCH3 is 1. The standard InChI is InChI=1S/C21H20N2O2/c1-14(2)7-4-5-8-15-9-6-10-17-20(15)16(21(24)23-17)13-18-19(25-3)11-12-22-18/h6,9-13,22H,1,4,7H2,2-3H3,(H,23,24)/b16-13-. The summed E-state index contributed by atoms with van der Waals surface area (Å²) in [5.41, 5.74) is 4.92. The van der Waals surface area contributed by atoms with Gasteiger partial charge in [-0.1, -0.05) is 23.5 Å². The quantitative estimate of drug-likeness (QED) is 0.500. The summed E-state index contributed by atoms with van der Waals surface area (Å²) in [6.45, 7) is 5.89. The van der Waals surface area contributed by atoms with Crippen molar-refractivity contribution in [1.29, 1.82) is 0 Å². The van der Waals surface area contributed by atoms with Crippen LogP contribution in [-0.2, 0) is 4.79 Å². The van der Waals surface area contributed by atoms with Gasteiger partial charge in [0.15, 0.2) is 0 Å². The lowest BCUT2D eigenvalue weighted by Crippen LogP contribution is -2.03. The van der Waals surface area contributed by atoms with Crippen molar-refractivity contribution < 1.29 is 9.53 Å². The second-order valence-corrected chi connectivity index (χ2v) is 5.96. The molecule has 1 aliphatic rings. The van der Waals surface area contributed by atoms with E-state index in [1.807, 2.05) is 31.2 Å². The van der Waals surface area contributed by atoms with Gasteiger partial charge in [0, 0.05) is 23.7 Å². The van der Waals surface area contributed by atoms with Crippen molar-refractivity contribution in [1.82, 2.24) is 4.98 Å². The first-order chi connectivity index (χ1) is 12.1. The molecule has 1 aromatic carbocycles. The molecule has 0 fully saturated rings. The predicted octanol–water partition coefficient (Wildman–Crippen LogP) is 4.22. The van der Waals surface area contributed by atoms with Gasteiger partial charge in [0.1, 0.15) is 5.75 Å². The van der Waals surface area contributed by atoms with Gasteiger partial charge in [-0.15, -0.1) is 6.58 Å². The van der Waals surface area contributed by atoms with Crippen molar-refractivity contribution in [2.75, 3.05) is 12.4 Å². The maximum absolute atomic E-state index is 12.4. The van der Waals surface area contributed by atoms with E-state index in [2.05, 4.69) is 28.7 Å². The molecule has 0 aliphatic carbocycles. The summed E-state index contributed by atoms with van der Waals surface area (Å²) in [4.78, 5) is 15.5. The fourth-order valence-electron chi connectivity index (χ4n) is 2.73. The number of hydrogen-bond acceptors (Lipinski definition) is 2. The molecule has 0 spiro atoms. The lowest BCUT2D eigenvalue weighted by molar-refractivity contribution is -0.110. The van der Waals surface area contributed by atoms with Crippen LogP contribution in [0.25, 0.3) is 11.6 Å². The Bertz CT molecular complexity index is 923. The number of fused-ring (bicyclic) bond motifs is 1.